The molecule has 0 aromatic carbocycles. The van der Waals surface area contributed by atoms with Crippen LogP contribution in [0.15, 0.2) is 6.20 Å². The van der Waals surface area contributed by atoms with E-state index in [1.165, 1.54) is 22.6 Å². The average Bonchev–Trinajstić information content (AvgIpc) is 2.14. The summed E-state index contributed by atoms with van der Waals surface area (Å²) in [5.41, 5.74) is -5.03. The molecule has 94 valence electrons. The number of pyridine rings is 1. The van der Waals surface area contributed by atoms with E-state index >= 15 is 0 Å². The number of hydrogen-bond acceptors (Lipinski definition) is 3. The van der Waals surface area contributed by atoms with E-state index in [-0.39, 0.29) is 0 Å². The molecule has 0 bridgehead atoms. The molecule has 1 rings (SSSR count). The van der Waals surface area contributed by atoms with Crippen molar-refractivity contribution in [3.63, 3.8) is 0 Å². The molecule has 0 radical (unpaired) electrons. The summed E-state index contributed by atoms with van der Waals surface area (Å²) in [5.74, 6) is 0. The molecule has 0 atom stereocenters. The number of nitro groups is 1. The number of rotatable bonds is 2. The van der Waals surface area contributed by atoms with E-state index in [1.54, 1.807) is 0 Å². The molecule has 10 heteroatoms. The Hall–Kier alpha value is -1.07. The van der Waals surface area contributed by atoms with Gasteiger partial charge in [0.25, 0.3) is 12.1 Å². The third kappa shape index (κ3) is 2.79. The van der Waals surface area contributed by atoms with E-state index < -0.39 is 38.0 Å². The standard InChI is InChI=1S/C7H2F5IN2O2/c8-6(9)4-3(7(10,11)12)5(15(16)17)2(13)1-14-4/h1,6H. The molecule has 0 unspecified atom stereocenters. The summed E-state index contributed by atoms with van der Waals surface area (Å²) in [6, 6.07) is 0. The Morgan fingerprint density at radius 3 is 2.29 bits per heavy atom. The fraction of sp³-hybridized carbons (Fsp3) is 0.286. The molecule has 0 aliphatic rings. The van der Waals surface area contributed by atoms with E-state index in [4.69, 9.17) is 0 Å². The van der Waals surface area contributed by atoms with Crippen molar-refractivity contribution >= 4 is 28.3 Å². The van der Waals surface area contributed by atoms with Gasteiger partial charge in [-0.2, -0.15) is 13.2 Å². The number of hydrogen-bond donors (Lipinski definition) is 0. The lowest BCUT2D eigenvalue weighted by Crippen LogP contribution is -2.15. The van der Waals surface area contributed by atoms with Gasteiger partial charge in [-0.05, 0) is 22.6 Å². The fourth-order valence-electron chi connectivity index (χ4n) is 1.12. The van der Waals surface area contributed by atoms with E-state index in [1.807, 2.05) is 0 Å². The van der Waals surface area contributed by atoms with Crippen molar-refractivity contribution in [2.24, 2.45) is 0 Å². The Morgan fingerprint density at radius 1 is 1.41 bits per heavy atom. The molecule has 0 amide bonds. The van der Waals surface area contributed by atoms with Crippen LogP contribution in [0.25, 0.3) is 0 Å². The van der Waals surface area contributed by atoms with Crippen LogP contribution in [0.1, 0.15) is 17.7 Å². The molecule has 0 aliphatic heterocycles. The highest BCUT2D eigenvalue weighted by Gasteiger charge is 2.45. The van der Waals surface area contributed by atoms with Gasteiger partial charge in [-0.25, -0.2) is 8.78 Å². The minimum atomic E-state index is -5.26. The van der Waals surface area contributed by atoms with Gasteiger partial charge in [-0.3, -0.25) is 15.1 Å². The number of aromatic nitrogens is 1. The molecule has 17 heavy (non-hydrogen) atoms. The van der Waals surface area contributed by atoms with Crippen LogP contribution in [0.2, 0.25) is 0 Å². The second-order valence-electron chi connectivity index (χ2n) is 2.77. The predicted octanol–water partition coefficient (Wildman–Crippen LogP) is 3.55. The van der Waals surface area contributed by atoms with Crippen molar-refractivity contribution in [1.82, 2.24) is 4.98 Å². The lowest BCUT2D eigenvalue weighted by atomic mass is 10.1. The highest BCUT2D eigenvalue weighted by molar-refractivity contribution is 14.1. The van der Waals surface area contributed by atoms with Crippen LogP contribution in [0.4, 0.5) is 27.6 Å². The Bertz CT molecular complexity index is 462. The molecule has 0 N–H and O–H groups in total. The van der Waals surface area contributed by atoms with Crippen LogP contribution in [0.5, 0.6) is 0 Å². The molecule has 1 aromatic heterocycles. The van der Waals surface area contributed by atoms with Crippen LogP contribution in [-0.4, -0.2) is 9.91 Å². The third-order valence-corrected chi connectivity index (χ3v) is 2.50. The van der Waals surface area contributed by atoms with Gasteiger partial charge < -0.3 is 0 Å². The first kappa shape index (κ1) is 14.0. The van der Waals surface area contributed by atoms with Crippen LogP contribution in [-0.2, 0) is 6.18 Å². The van der Waals surface area contributed by atoms with Crippen LogP contribution >= 0.6 is 22.6 Å². The van der Waals surface area contributed by atoms with E-state index in [0.29, 0.717) is 6.20 Å². The first-order valence-electron chi connectivity index (χ1n) is 3.84. The summed E-state index contributed by atoms with van der Waals surface area (Å²) >= 11 is 1.23. The lowest BCUT2D eigenvalue weighted by Gasteiger charge is -2.12. The molecule has 0 saturated heterocycles. The SMILES string of the molecule is O=[N+]([O-])c1c(I)cnc(C(F)F)c1C(F)(F)F. The summed E-state index contributed by atoms with van der Waals surface area (Å²) in [5, 5.41) is 10.5. The molecule has 0 saturated carbocycles. The van der Waals surface area contributed by atoms with Crippen molar-refractivity contribution < 1.29 is 26.9 Å². The number of halogens is 6. The van der Waals surface area contributed by atoms with Gasteiger partial charge in [-0.15, -0.1) is 0 Å². The van der Waals surface area contributed by atoms with Gasteiger partial charge in [0.2, 0.25) is 0 Å². The molecule has 0 fully saturated rings. The van der Waals surface area contributed by atoms with Crippen molar-refractivity contribution in [3.05, 3.63) is 31.1 Å². The monoisotopic (exact) mass is 368 g/mol. The van der Waals surface area contributed by atoms with Gasteiger partial charge in [0.1, 0.15) is 9.26 Å². The first-order chi connectivity index (χ1) is 7.66. The highest BCUT2D eigenvalue weighted by Crippen LogP contribution is 2.42. The van der Waals surface area contributed by atoms with Gasteiger partial charge in [0, 0.05) is 6.20 Å². The summed E-state index contributed by atoms with van der Waals surface area (Å²) in [7, 11) is 0. The zero-order valence-corrected chi connectivity index (χ0v) is 9.79. The second kappa shape index (κ2) is 4.66. The Kier molecular flexibility index (Phi) is 3.84. The maximum atomic E-state index is 12.5. The molecule has 4 nitrogen and oxygen atoms in total. The molecule has 0 aliphatic carbocycles. The van der Waals surface area contributed by atoms with Crippen molar-refractivity contribution in [1.29, 1.82) is 0 Å². The molecular weight excluding hydrogens is 366 g/mol. The van der Waals surface area contributed by atoms with Gasteiger partial charge >= 0.3 is 6.18 Å². The second-order valence-corrected chi connectivity index (χ2v) is 3.93. The molecular formula is C7H2F5IN2O2. The van der Waals surface area contributed by atoms with Gasteiger partial charge in [0.05, 0.1) is 4.92 Å². The van der Waals surface area contributed by atoms with E-state index in [2.05, 4.69) is 4.98 Å². The number of alkyl halides is 5. The normalized spacial score (nSPS) is 11.9. The predicted molar refractivity (Wildman–Crippen MR) is 53.6 cm³/mol. The molecule has 1 heterocycles. The summed E-state index contributed by atoms with van der Waals surface area (Å²) in [6.45, 7) is 0. The van der Waals surface area contributed by atoms with Crippen molar-refractivity contribution in [2.75, 3.05) is 0 Å². The van der Waals surface area contributed by atoms with E-state index in [9.17, 15) is 32.1 Å². The van der Waals surface area contributed by atoms with Gasteiger partial charge in [-0.1, -0.05) is 0 Å². The zero-order valence-electron chi connectivity index (χ0n) is 7.63. The smallest absolute Gasteiger partial charge is 0.258 e. The largest absolute Gasteiger partial charge is 0.425 e. The summed E-state index contributed by atoms with van der Waals surface area (Å²) in [4.78, 5) is 12.0. The Labute approximate surface area is 104 Å². The minimum Gasteiger partial charge on any atom is -0.258 e. The Balaban J connectivity index is 3.68. The topological polar surface area (TPSA) is 56.0 Å². The van der Waals surface area contributed by atoms with E-state index in [0.717, 1.165) is 0 Å². The van der Waals surface area contributed by atoms with Crippen molar-refractivity contribution in [2.45, 2.75) is 12.6 Å². The lowest BCUT2D eigenvalue weighted by molar-refractivity contribution is -0.389. The quantitative estimate of drug-likeness (QED) is 0.347. The maximum Gasteiger partial charge on any atom is 0.425 e. The van der Waals surface area contributed by atoms with Crippen LogP contribution < -0.4 is 0 Å². The van der Waals surface area contributed by atoms with Gasteiger partial charge in [0.15, 0.2) is 5.56 Å². The number of nitrogens with zero attached hydrogens (tertiary/aromatic N) is 2. The Morgan fingerprint density at radius 2 is 1.94 bits per heavy atom. The fourth-order valence-corrected chi connectivity index (χ4v) is 1.72. The summed E-state index contributed by atoms with van der Waals surface area (Å²) < 4.78 is 61.8. The van der Waals surface area contributed by atoms with Crippen LogP contribution in [0, 0.1) is 13.7 Å². The molecule has 1 aromatic rings. The minimum absolute atomic E-state index is 0.454. The molecule has 0 spiro atoms. The zero-order chi connectivity index (χ0) is 13.4. The highest BCUT2D eigenvalue weighted by atomic mass is 127. The summed E-state index contributed by atoms with van der Waals surface area (Å²) in [6.07, 6.45) is -8.19. The maximum absolute atomic E-state index is 12.5. The van der Waals surface area contributed by atoms with Crippen molar-refractivity contribution in [3.8, 4) is 0 Å². The first-order valence-corrected chi connectivity index (χ1v) is 4.92. The average molecular weight is 368 g/mol. The van der Waals surface area contributed by atoms with Crippen LogP contribution in [0.3, 0.4) is 0 Å². The third-order valence-electron chi connectivity index (χ3n) is 1.71.